The molecule has 0 spiro atoms. The van der Waals surface area contributed by atoms with Gasteiger partial charge in [-0.25, -0.2) is 13.8 Å². The first kappa shape index (κ1) is 16.9. The third kappa shape index (κ3) is 3.14. The highest BCUT2D eigenvalue weighted by Crippen LogP contribution is 2.41. The molecule has 0 aliphatic carbocycles. The Kier molecular flexibility index (Phi) is 5.17. The zero-order chi connectivity index (χ0) is 16.3. The summed E-state index contributed by atoms with van der Waals surface area (Å²) in [5.41, 5.74) is 1.46. The molecule has 1 heterocycles. The minimum atomic E-state index is -0.846. The lowest BCUT2D eigenvalue weighted by Gasteiger charge is -2.31. The van der Waals surface area contributed by atoms with Gasteiger partial charge in [-0.2, -0.15) is 0 Å². The van der Waals surface area contributed by atoms with Gasteiger partial charge in [0.25, 0.3) is 0 Å². The van der Waals surface area contributed by atoms with Crippen LogP contribution in [0.3, 0.4) is 0 Å². The first-order valence-corrected chi connectivity index (χ1v) is 7.91. The van der Waals surface area contributed by atoms with Crippen molar-refractivity contribution in [2.24, 2.45) is 0 Å². The first-order valence-electron chi connectivity index (χ1n) is 7.53. The maximum Gasteiger partial charge on any atom is 0.166 e. The van der Waals surface area contributed by atoms with Crippen molar-refractivity contribution in [2.75, 3.05) is 0 Å². The maximum atomic E-state index is 14.5. The van der Waals surface area contributed by atoms with E-state index in [1.165, 1.54) is 12.3 Å². The Morgan fingerprint density at radius 1 is 1.18 bits per heavy atom. The number of rotatable bonds is 5. The summed E-state index contributed by atoms with van der Waals surface area (Å²) in [5.74, 6) is -1.67. The molecule has 1 aromatic carbocycles. The molecule has 4 heteroatoms. The Morgan fingerprint density at radius 2 is 1.91 bits per heavy atom. The molecule has 1 atom stereocenters. The van der Waals surface area contributed by atoms with Gasteiger partial charge in [0.1, 0.15) is 5.15 Å². The topological polar surface area (TPSA) is 12.9 Å². The van der Waals surface area contributed by atoms with Crippen molar-refractivity contribution in [3.8, 4) is 11.1 Å². The van der Waals surface area contributed by atoms with E-state index in [0.29, 0.717) is 11.1 Å². The zero-order valence-electron chi connectivity index (χ0n) is 13.1. The fraction of sp³-hybridized carbons (Fsp3) is 0.389. The van der Waals surface area contributed by atoms with E-state index in [0.717, 1.165) is 24.8 Å². The van der Waals surface area contributed by atoms with Crippen molar-refractivity contribution in [3.63, 3.8) is 0 Å². The Morgan fingerprint density at radius 3 is 2.50 bits per heavy atom. The fourth-order valence-electron chi connectivity index (χ4n) is 2.95. The van der Waals surface area contributed by atoms with Gasteiger partial charge in [-0.1, -0.05) is 44.9 Å². The molecule has 2 rings (SSSR count). The molecule has 0 saturated carbocycles. The van der Waals surface area contributed by atoms with Gasteiger partial charge < -0.3 is 0 Å². The van der Waals surface area contributed by atoms with E-state index in [9.17, 15) is 8.78 Å². The normalized spacial score (nSPS) is 13.9. The molecular weight excluding hydrogens is 304 g/mol. The largest absolute Gasteiger partial charge is 0.245 e. The van der Waals surface area contributed by atoms with Crippen LogP contribution >= 0.6 is 11.6 Å². The molecule has 1 nitrogen and oxygen atoms in total. The molecule has 118 valence electrons. The van der Waals surface area contributed by atoms with Crippen molar-refractivity contribution < 1.29 is 8.78 Å². The monoisotopic (exact) mass is 323 g/mol. The molecule has 0 aliphatic rings. The van der Waals surface area contributed by atoms with Crippen LogP contribution in [0.15, 0.2) is 30.5 Å². The van der Waals surface area contributed by atoms with Gasteiger partial charge in [-0.3, -0.25) is 0 Å². The highest BCUT2D eigenvalue weighted by atomic mass is 35.5. The minimum absolute atomic E-state index is 0.214. The Balaban J connectivity index is 2.73. The second kappa shape index (κ2) is 6.74. The number of hydrogen-bond acceptors (Lipinski definition) is 1. The van der Waals surface area contributed by atoms with Crippen LogP contribution in [0.1, 0.15) is 45.6 Å². The van der Waals surface area contributed by atoms with E-state index in [1.54, 1.807) is 18.2 Å². The van der Waals surface area contributed by atoms with E-state index >= 15 is 0 Å². The third-order valence-corrected chi connectivity index (χ3v) is 4.55. The predicted octanol–water partition coefficient (Wildman–Crippen LogP) is 6.15. The van der Waals surface area contributed by atoms with Crippen LogP contribution < -0.4 is 0 Å². The second-order valence-electron chi connectivity index (χ2n) is 5.82. The molecule has 22 heavy (non-hydrogen) atoms. The lowest BCUT2D eigenvalue weighted by atomic mass is 9.73. The highest BCUT2D eigenvalue weighted by molar-refractivity contribution is 6.29. The lowest BCUT2D eigenvalue weighted by molar-refractivity contribution is 0.410. The van der Waals surface area contributed by atoms with Crippen LogP contribution in [0.4, 0.5) is 8.78 Å². The summed E-state index contributed by atoms with van der Waals surface area (Å²) < 4.78 is 28.3. The number of halogens is 3. The standard InChI is InChI=1S/C18H20ClF2N/c1-4-9-18(3,5-2)13-6-7-14(20)17(21)16(13)12-8-10-22-15(19)11-12/h6-8,10-11H,4-5,9H2,1-3H3. The molecule has 0 amide bonds. The highest BCUT2D eigenvalue weighted by Gasteiger charge is 2.29. The third-order valence-electron chi connectivity index (χ3n) is 4.34. The molecule has 2 aromatic rings. The summed E-state index contributed by atoms with van der Waals surface area (Å²) in [6.45, 7) is 6.26. The van der Waals surface area contributed by atoms with Crippen LogP contribution in [-0.2, 0) is 5.41 Å². The van der Waals surface area contributed by atoms with E-state index in [2.05, 4.69) is 25.8 Å². The van der Waals surface area contributed by atoms with Crippen molar-refractivity contribution in [1.29, 1.82) is 0 Å². The first-order chi connectivity index (χ1) is 10.4. The van der Waals surface area contributed by atoms with Crippen LogP contribution in [0.5, 0.6) is 0 Å². The van der Waals surface area contributed by atoms with Crippen molar-refractivity contribution in [2.45, 2.75) is 45.4 Å². The van der Waals surface area contributed by atoms with Gasteiger partial charge >= 0.3 is 0 Å². The summed E-state index contributed by atoms with van der Waals surface area (Å²) in [6.07, 6.45) is 4.23. The molecule has 0 N–H and O–H groups in total. The fourth-order valence-corrected chi connectivity index (χ4v) is 3.12. The number of pyridine rings is 1. The van der Waals surface area contributed by atoms with Gasteiger partial charge in [0, 0.05) is 11.8 Å². The molecule has 0 radical (unpaired) electrons. The maximum absolute atomic E-state index is 14.5. The van der Waals surface area contributed by atoms with E-state index in [4.69, 9.17) is 11.6 Å². The predicted molar refractivity (Wildman–Crippen MR) is 87.2 cm³/mol. The van der Waals surface area contributed by atoms with Crippen molar-refractivity contribution in [1.82, 2.24) is 4.98 Å². The van der Waals surface area contributed by atoms with Gasteiger partial charge in [-0.05, 0) is 47.6 Å². The van der Waals surface area contributed by atoms with Crippen LogP contribution in [-0.4, -0.2) is 4.98 Å². The van der Waals surface area contributed by atoms with E-state index in [-0.39, 0.29) is 10.6 Å². The van der Waals surface area contributed by atoms with Crippen molar-refractivity contribution in [3.05, 3.63) is 52.8 Å². The van der Waals surface area contributed by atoms with Gasteiger partial charge in [0.05, 0.1) is 0 Å². The molecular formula is C18H20ClF2N. The molecule has 0 fully saturated rings. The SMILES string of the molecule is CCCC(C)(CC)c1ccc(F)c(F)c1-c1ccnc(Cl)c1. The average Bonchev–Trinajstić information content (AvgIpc) is 2.49. The zero-order valence-corrected chi connectivity index (χ0v) is 13.8. The molecule has 0 aliphatic heterocycles. The quantitative estimate of drug-likeness (QED) is 0.601. The summed E-state index contributed by atoms with van der Waals surface area (Å²) >= 11 is 5.92. The van der Waals surface area contributed by atoms with Gasteiger partial charge in [0.15, 0.2) is 11.6 Å². The Hall–Kier alpha value is -1.48. The number of aromatic nitrogens is 1. The van der Waals surface area contributed by atoms with E-state index in [1.807, 2.05) is 0 Å². The lowest BCUT2D eigenvalue weighted by Crippen LogP contribution is -2.22. The number of nitrogens with zero attached hydrogens (tertiary/aromatic N) is 1. The van der Waals surface area contributed by atoms with Crippen LogP contribution in [0.2, 0.25) is 5.15 Å². The molecule has 1 unspecified atom stereocenters. The molecule has 1 aromatic heterocycles. The average molecular weight is 324 g/mol. The smallest absolute Gasteiger partial charge is 0.166 e. The van der Waals surface area contributed by atoms with Gasteiger partial charge in [-0.15, -0.1) is 0 Å². The summed E-state index contributed by atoms with van der Waals surface area (Å²) in [7, 11) is 0. The van der Waals surface area contributed by atoms with Crippen LogP contribution in [0, 0.1) is 11.6 Å². The van der Waals surface area contributed by atoms with Crippen molar-refractivity contribution >= 4 is 11.6 Å². The molecule has 0 saturated heterocycles. The minimum Gasteiger partial charge on any atom is -0.245 e. The Bertz CT molecular complexity index is 672. The van der Waals surface area contributed by atoms with Gasteiger partial charge in [0.2, 0.25) is 0 Å². The van der Waals surface area contributed by atoms with Crippen LogP contribution in [0.25, 0.3) is 11.1 Å². The van der Waals surface area contributed by atoms with E-state index < -0.39 is 11.6 Å². The number of benzene rings is 1. The second-order valence-corrected chi connectivity index (χ2v) is 6.20. The summed E-state index contributed by atoms with van der Waals surface area (Å²) in [4.78, 5) is 3.91. The number of hydrogen-bond donors (Lipinski definition) is 0. The Labute approximate surface area is 135 Å². The molecule has 0 bridgehead atoms. The summed E-state index contributed by atoms with van der Waals surface area (Å²) in [6, 6.07) is 6.14. The summed E-state index contributed by atoms with van der Waals surface area (Å²) in [5, 5.41) is 0.265.